The van der Waals surface area contributed by atoms with E-state index in [1.54, 1.807) is 29.1 Å². The second-order valence-electron chi connectivity index (χ2n) is 6.15. The van der Waals surface area contributed by atoms with E-state index in [9.17, 15) is 23.7 Å². The maximum atomic E-state index is 13.6. The number of hydrogen-bond donors (Lipinski definition) is 1. The van der Waals surface area contributed by atoms with Gasteiger partial charge in [0, 0.05) is 30.3 Å². The number of anilines is 1. The average molecular weight is 384 g/mol. The van der Waals surface area contributed by atoms with E-state index < -0.39 is 22.5 Å². The van der Waals surface area contributed by atoms with Crippen molar-refractivity contribution in [2.75, 3.05) is 5.32 Å². The highest BCUT2D eigenvalue weighted by Gasteiger charge is 2.13. The molecule has 0 spiro atoms. The molecular formula is C20H16F2N3O3+. The molecule has 0 radical (unpaired) electrons. The molecule has 8 heteroatoms. The summed E-state index contributed by atoms with van der Waals surface area (Å²) in [7, 11) is 0. The average Bonchev–Trinajstić information content (AvgIpc) is 2.67. The van der Waals surface area contributed by atoms with Crippen molar-refractivity contribution >= 4 is 17.3 Å². The molecular weight excluding hydrogens is 368 g/mol. The highest BCUT2D eigenvalue weighted by atomic mass is 19.1. The molecule has 142 valence electrons. The van der Waals surface area contributed by atoms with E-state index in [0.29, 0.717) is 6.42 Å². The fraction of sp³-hybridized carbons (Fsp3) is 0.100. The van der Waals surface area contributed by atoms with Crippen LogP contribution >= 0.6 is 0 Å². The molecule has 0 saturated heterocycles. The number of rotatable bonds is 6. The lowest BCUT2D eigenvalue weighted by molar-refractivity contribution is -0.684. The normalized spacial score (nSPS) is 10.5. The van der Waals surface area contributed by atoms with Crippen molar-refractivity contribution in [3.05, 3.63) is 99.9 Å². The lowest BCUT2D eigenvalue weighted by Crippen LogP contribution is -2.39. The molecule has 0 aliphatic heterocycles. The Kier molecular flexibility index (Phi) is 5.69. The van der Waals surface area contributed by atoms with Gasteiger partial charge in [0.2, 0.25) is 6.54 Å². The molecule has 0 fully saturated rings. The zero-order valence-electron chi connectivity index (χ0n) is 14.6. The standard InChI is InChI=1S/C20H15F2N3O3/c21-16-3-6-18(22)19(12-16)23-20(26)13-24-9-7-15(8-10-24)11-14-1-4-17(5-2-14)25(27)28/h1-10,12H,11,13H2/p+1. The first-order chi connectivity index (χ1) is 13.4. The lowest BCUT2D eigenvalue weighted by Gasteiger charge is -2.05. The number of nitrogens with zero attached hydrogens (tertiary/aromatic N) is 2. The van der Waals surface area contributed by atoms with Crippen LogP contribution in [0.1, 0.15) is 11.1 Å². The molecule has 0 bridgehead atoms. The van der Waals surface area contributed by atoms with Gasteiger partial charge in [-0.2, -0.15) is 4.57 Å². The Balaban J connectivity index is 1.60. The number of aromatic nitrogens is 1. The molecule has 0 atom stereocenters. The van der Waals surface area contributed by atoms with Crippen LogP contribution in [0, 0.1) is 21.7 Å². The number of nitro benzene ring substituents is 1. The molecule has 0 saturated carbocycles. The monoisotopic (exact) mass is 384 g/mol. The van der Waals surface area contributed by atoms with Gasteiger partial charge in [-0.05, 0) is 29.7 Å². The predicted octanol–water partition coefficient (Wildman–Crippen LogP) is 3.39. The van der Waals surface area contributed by atoms with Crippen molar-refractivity contribution < 1.29 is 23.1 Å². The van der Waals surface area contributed by atoms with Crippen LogP contribution in [0.4, 0.5) is 20.2 Å². The van der Waals surface area contributed by atoms with Crippen LogP contribution in [0.2, 0.25) is 0 Å². The van der Waals surface area contributed by atoms with Gasteiger partial charge < -0.3 is 5.32 Å². The van der Waals surface area contributed by atoms with E-state index in [2.05, 4.69) is 5.32 Å². The van der Waals surface area contributed by atoms with Crippen molar-refractivity contribution in [3.63, 3.8) is 0 Å². The smallest absolute Gasteiger partial charge is 0.290 e. The first-order valence-electron chi connectivity index (χ1n) is 8.37. The number of non-ortho nitro benzene ring substituents is 1. The van der Waals surface area contributed by atoms with Crippen LogP contribution in [0.5, 0.6) is 0 Å². The number of amides is 1. The number of nitro groups is 1. The fourth-order valence-electron chi connectivity index (χ4n) is 2.63. The first kappa shape index (κ1) is 19.1. The van der Waals surface area contributed by atoms with Crippen LogP contribution < -0.4 is 9.88 Å². The summed E-state index contributed by atoms with van der Waals surface area (Å²) >= 11 is 0. The Morgan fingerprint density at radius 3 is 2.29 bits per heavy atom. The van der Waals surface area contributed by atoms with Crippen LogP contribution in [-0.4, -0.2) is 10.8 Å². The minimum Gasteiger partial charge on any atom is -0.318 e. The highest BCUT2D eigenvalue weighted by Crippen LogP contribution is 2.16. The second-order valence-corrected chi connectivity index (χ2v) is 6.15. The molecule has 0 unspecified atom stereocenters. The molecule has 1 N–H and O–H groups in total. The third kappa shape index (κ3) is 4.94. The molecule has 0 aliphatic rings. The zero-order chi connectivity index (χ0) is 20.1. The summed E-state index contributed by atoms with van der Waals surface area (Å²) in [5.74, 6) is -1.84. The number of halogens is 2. The van der Waals surface area contributed by atoms with E-state index in [0.717, 1.165) is 29.3 Å². The molecule has 0 aliphatic carbocycles. The van der Waals surface area contributed by atoms with Crippen LogP contribution in [0.15, 0.2) is 67.0 Å². The SMILES string of the molecule is O=C(C[n+]1ccc(Cc2ccc([N+](=O)[O-])cc2)cc1)Nc1cc(F)ccc1F. The minimum absolute atomic E-state index is 0.0374. The lowest BCUT2D eigenvalue weighted by atomic mass is 10.1. The third-order valence-electron chi connectivity index (χ3n) is 4.04. The number of carbonyl (C=O) groups excluding carboxylic acids is 1. The van der Waals surface area contributed by atoms with Gasteiger partial charge in [-0.25, -0.2) is 8.78 Å². The predicted molar refractivity (Wildman–Crippen MR) is 97.5 cm³/mol. The molecule has 1 heterocycles. The Bertz CT molecular complexity index is 1010. The van der Waals surface area contributed by atoms with Crippen LogP contribution in [0.3, 0.4) is 0 Å². The summed E-state index contributed by atoms with van der Waals surface area (Å²) in [5, 5.41) is 13.0. The topological polar surface area (TPSA) is 76.1 Å². The van der Waals surface area contributed by atoms with Crippen molar-refractivity contribution in [1.82, 2.24) is 0 Å². The van der Waals surface area contributed by atoms with E-state index in [1.807, 2.05) is 12.1 Å². The van der Waals surface area contributed by atoms with Crippen molar-refractivity contribution in [1.29, 1.82) is 0 Å². The maximum Gasteiger partial charge on any atom is 0.290 e. The van der Waals surface area contributed by atoms with Gasteiger partial charge in [-0.3, -0.25) is 14.9 Å². The minimum atomic E-state index is -0.710. The van der Waals surface area contributed by atoms with Crippen molar-refractivity contribution in [3.8, 4) is 0 Å². The Morgan fingerprint density at radius 1 is 1.00 bits per heavy atom. The summed E-state index contributed by atoms with van der Waals surface area (Å²) in [5.41, 5.74) is 1.71. The molecule has 28 heavy (non-hydrogen) atoms. The van der Waals surface area contributed by atoms with E-state index in [1.165, 1.54) is 12.1 Å². The fourth-order valence-corrected chi connectivity index (χ4v) is 2.63. The van der Waals surface area contributed by atoms with Gasteiger partial charge in [0.1, 0.15) is 11.6 Å². The van der Waals surface area contributed by atoms with Gasteiger partial charge in [0.15, 0.2) is 12.4 Å². The van der Waals surface area contributed by atoms with E-state index >= 15 is 0 Å². The molecule has 3 aromatic rings. The highest BCUT2D eigenvalue weighted by molar-refractivity contribution is 5.89. The first-order valence-corrected chi connectivity index (χ1v) is 8.37. The quantitative estimate of drug-likeness (QED) is 0.402. The summed E-state index contributed by atoms with van der Waals surface area (Å²) in [4.78, 5) is 22.3. The Hall–Kier alpha value is -3.68. The van der Waals surface area contributed by atoms with Gasteiger partial charge in [0.25, 0.3) is 11.6 Å². The van der Waals surface area contributed by atoms with Gasteiger partial charge >= 0.3 is 0 Å². The third-order valence-corrected chi connectivity index (χ3v) is 4.04. The van der Waals surface area contributed by atoms with Crippen molar-refractivity contribution in [2.45, 2.75) is 13.0 Å². The molecule has 3 rings (SSSR count). The molecule has 1 amide bonds. The summed E-state index contributed by atoms with van der Waals surface area (Å²) in [6.07, 6.45) is 3.98. The summed E-state index contributed by atoms with van der Waals surface area (Å²) in [6, 6.07) is 12.8. The Morgan fingerprint density at radius 2 is 1.64 bits per heavy atom. The van der Waals surface area contributed by atoms with Crippen LogP contribution in [0.25, 0.3) is 0 Å². The van der Waals surface area contributed by atoms with Crippen LogP contribution in [-0.2, 0) is 17.8 Å². The number of hydrogen-bond acceptors (Lipinski definition) is 3. The van der Waals surface area contributed by atoms with Gasteiger partial charge in [-0.15, -0.1) is 0 Å². The number of benzene rings is 2. The van der Waals surface area contributed by atoms with Crippen molar-refractivity contribution in [2.24, 2.45) is 0 Å². The summed E-state index contributed by atoms with van der Waals surface area (Å²) < 4.78 is 28.3. The van der Waals surface area contributed by atoms with E-state index in [-0.39, 0.29) is 17.9 Å². The van der Waals surface area contributed by atoms with Gasteiger partial charge in [-0.1, -0.05) is 12.1 Å². The summed E-state index contributed by atoms with van der Waals surface area (Å²) in [6.45, 7) is -0.0617. The molecule has 6 nitrogen and oxygen atoms in total. The number of nitrogens with one attached hydrogen (secondary N) is 1. The molecule has 2 aromatic carbocycles. The molecule has 1 aromatic heterocycles. The van der Waals surface area contributed by atoms with Gasteiger partial charge in [0.05, 0.1) is 10.6 Å². The zero-order valence-corrected chi connectivity index (χ0v) is 14.6. The number of carbonyl (C=O) groups is 1. The van der Waals surface area contributed by atoms with E-state index in [4.69, 9.17) is 0 Å². The number of pyridine rings is 1. The Labute approximate surface area is 159 Å². The largest absolute Gasteiger partial charge is 0.318 e. The maximum absolute atomic E-state index is 13.6. The second kappa shape index (κ2) is 8.34.